The molecule has 0 unspecified atom stereocenters. The predicted molar refractivity (Wildman–Crippen MR) is 92.0 cm³/mol. The summed E-state index contributed by atoms with van der Waals surface area (Å²) in [6.07, 6.45) is 1.82. The highest BCUT2D eigenvalue weighted by Crippen LogP contribution is 2.29. The molecule has 0 saturated heterocycles. The quantitative estimate of drug-likeness (QED) is 0.736. The van der Waals surface area contributed by atoms with Crippen LogP contribution in [-0.4, -0.2) is 17.1 Å². The highest BCUT2D eigenvalue weighted by Gasteiger charge is 2.11. The summed E-state index contributed by atoms with van der Waals surface area (Å²) in [6.45, 7) is 4.02. The molecule has 4 heteroatoms. The highest BCUT2D eigenvalue weighted by atomic mass is 16.5. The number of fused-ring (bicyclic) bond motifs is 1. The summed E-state index contributed by atoms with van der Waals surface area (Å²) in [5, 5.41) is 9.55. The van der Waals surface area contributed by atoms with Gasteiger partial charge in [0.2, 0.25) is 0 Å². The molecule has 1 N–H and O–H groups in total. The van der Waals surface area contributed by atoms with E-state index >= 15 is 0 Å². The molecule has 3 rings (SSSR count). The highest BCUT2D eigenvalue weighted by molar-refractivity contribution is 5.91. The minimum atomic E-state index is 0.476. The van der Waals surface area contributed by atoms with Gasteiger partial charge in [-0.25, -0.2) is 4.98 Å². The van der Waals surface area contributed by atoms with Gasteiger partial charge in [-0.05, 0) is 43.7 Å². The Hall–Kier alpha value is -3.06. The van der Waals surface area contributed by atoms with E-state index in [1.807, 2.05) is 50.3 Å². The van der Waals surface area contributed by atoms with Gasteiger partial charge in [0.05, 0.1) is 23.7 Å². The molecule has 0 bridgehead atoms. The molecule has 0 radical (unpaired) electrons. The first-order chi connectivity index (χ1) is 11.1. The lowest BCUT2D eigenvalue weighted by Gasteiger charge is -2.10. The van der Waals surface area contributed by atoms with Crippen LogP contribution < -0.4 is 4.74 Å². The van der Waals surface area contributed by atoms with Gasteiger partial charge in [0, 0.05) is 5.56 Å². The molecule has 2 aromatic carbocycles. The summed E-state index contributed by atoms with van der Waals surface area (Å²) < 4.78 is 5.49. The van der Waals surface area contributed by atoms with Crippen molar-refractivity contribution in [1.29, 1.82) is 5.26 Å². The van der Waals surface area contributed by atoms with Crippen LogP contribution in [0, 0.1) is 25.2 Å². The Balaban J connectivity index is 2.14. The van der Waals surface area contributed by atoms with Crippen molar-refractivity contribution in [1.82, 2.24) is 9.97 Å². The van der Waals surface area contributed by atoms with E-state index in [9.17, 15) is 5.26 Å². The Morgan fingerprint density at radius 3 is 2.74 bits per heavy atom. The molecule has 0 aliphatic rings. The number of hydrogen-bond donors (Lipinski definition) is 1. The molecule has 4 nitrogen and oxygen atoms in total. The van der Waals surface area contributed by atoms with Crippen molar-refractivity contribution < 1.29 is 4.74 Å². The molecule has 0 saturated carbocycles. The van der Waals surface area contributed by atoms with Gasteiger partial charge in [-0.2, -0.15) is 5.26 Å². The zero-order valence-electron chi connectivity index (χ0n) is 13.3. The average Bonchev–Trinajstić information content (AvgIpc) is 2.95. The van der Waals surface area contributed by atoms with E-state index in [-0.39, 0.29) is 0 Å². The number of aromatic amines is 1. The summed E-state index contributed by atoms with van der Waals surface area (Å²) >= 11 is 0. The maximum Gasteiger partial charge on any atom is 0.149 e. The number of rotatable bonds is 3. The van der Waals surface area contributed by atoms with Crippen LogP contribution in [0.4, 0.5) is 0 Å². The van der Waals surface area contributed by atoms with Gasteiger partial charge in [0.1, 0.15) is 17.6 Å². The molecule has 1 heterocycles. The number of benzene rings is 2. The van der Waals surface area contributed by atoms with E-state index in [0.29, 0.717) is 11.4 Å². The number of H-pyrrole nitrogens is 1. The fourth-order valence-electron chi connectivity index (χ4n) is 2.76. The second kappa shape index (κ2) is 5.98. The Morgan fingerprint density at radius 1 is 1.26 bits per heavy atom. The minimum Gasteiger partial charge on any atom is -0.496 e. The summed E-state index contributed by atoms with van der Waals surface area (Å²) in [5.41, 5.74) is 5.27. The summed E-state index contributed by atoms with van der Waals surface area (Å²) in [4.78, 5) is 7.68. The third-order valence-corrected chi connectivity index (χ3v) is 3.72. The van der Waals surface area contributed by atoms with Crippen LogP contribution in [0.25, 0.3) is 22.7 Å². The zero-order chi connectivity index (χ0) is 16.4. The molecular weight excluding hydrogens is 286 g/mol. The molecule has 0 atom stereocenters. The van der Waals surface area contributed by atoms with Crippen molar-refractivity contribution in [2.75, 3.05) is 7.11 Å². The lowest BCUT2D eigenvalue weighted by molar-refractivity contribution is 0.410. The first kappa shape index (κ1) is 14.9. The number of ether oxygens (including phenoxy) is 1. The number of nitrogens with one attached hydrogen (secondary N) is 1. The van der Waals surface area contributed by atoms with Crippen molar-refractivity contribution in [3.05, 3.63) is 58.9 Å². The van der Waals surface area contributed by atoms with Crippen LogP contribution in [0.3, 0.4) is 0 Å². The van der Waals surface area contributed by atoms with Crippen molar-refractivity contribution in [2.24, 2.45) is 0 Å². The van der Waals surface area contributed by atoms with E-state index < -0.39 is 0 Å². The van der Waals surface area contributed by atoms with E-state index in [0.717, 1.165) is 33.5 Å². The molecule has 0 aliphatic carbocycles. The van der Waals surface area contributed by atoms with Gasteiger partial charge < -0.3 is 9.72 Å². The SMILES string of the molecule is COc1c(C)cc(C)cc1/C=C(/C#N)c1nc2ccccc2[nH]1. The van der Waals surface area contributed by atoms with E-state index in [1.54, 1.807) is 7.11 Å². The van der Waals surface area contributed by atoms with Crippen LogP contribution in [0.2, 0.25) is 0 Å². The lowest BCUT2D eigenvalue weighted by atomic mass is 10.0. The molecule has 1 aromatic heterocycles. The molecule has 0 amide bonds. The van der Waals surface area contributed by atoms with E-state index in [2.05, 4.69) is 22.1 Å². The van der Waals surface area contributed by atoms with Gasteiger partial charge in [-0.1, -0.05) is 23.8 Å². The normalized spacial score (nSPS) is 11.5. The number of nitrogens with zero attached hydrogens (tertiary/aromatic N) is 2. The van der Waals surface area contributed by atoms with Gasteiger partial charge >= 0.3 is 0 Å². The number of methoxy groups -OCH3 is 1. The summed E-state index contributed by atoms with van der Waals surface area (Å²) in [7, 11) is 1.64. The van der Waals surface area contributed by atoms with Crippen LogP contribution in [0.5, 0.6) is 5.75 Å². The molecular formula is C19H17N3O. The number of allylic oxidation sites excluding steroid dienone is 1. The molecule has 114 valence electrons. The van der Waals surface area contributed by atoms with Gasteiger partial charge in [0.25, 0.3) is 0 Å². The van der Waals surface area contributed by atoms with Gasteiger partial charge in [0.15, 0.2) is 0 Å². The third-order valence-electron chi connectivity index (χ3n) is 3.72. The van der Waals surface area contributed by atoms with E-state index in [1.165, 1.54) is 0 Å². The van der Waals surface area contributed by atoms with Crippen molar-refractivity contribution in [3.63, 3.8) is 0 Å². The Labute approximate surface area is 135 Å². The molecule has 3 aromatic rings. The zero-order valence-corrected chi connectivity index (χ0v) is 13.3. The predicted octanol–water partition coefficient (Wildman–Crippen LogP) is 4.25. The minimum absolute atomic E-state index is 0.476. The Bertz CT molecular complexity index is 912. The van der Waals surface area contributed by atoms with E-state index in [4.69, 9.17) is 4.74 Å². The van der Waals surface area contributed by atoms with Gasteiger partial charge in [-0.15, -0.1) is 0 Å². The van der Waals surface area contributed by atoms with Gasteiger partial charge in [-0.3, -0.25) is 0 Å². The molecule has 0 spiro atoms. The first-order valence-electron chi connectivity index (χ1n) is 7.34. The number of para-hydroxylation sites is 2. The Morgan fingerprint density at radius 2 is 2.04 bits per heavy atom. The number of nitriles is 1. The third kappa shape index (κ3) is 2.82. The van der Waals surface area contributed by atoms with Crippen LogP contribution in [0.1, 0.15) is 22.5 Å². The fourth-order valence-corrected chi connectivity index (χ4v) is 2.76. The van der Waals surface area contributed by atoms with Crippen molar-refractivity contribution >= 4 is 22.7 Å². The number of aryl methyl sites for hydroxylation is 2. The first-order valence-corrected chi connectivity index (χ1v) is 7.34. The monoisotopic (exact) mass is 303 g/mol. The number of aromatic nitrogens is 2. The molecule has 0 fully saturated rings. The topological polar surface area (TPSA) is 61.7 Å². The maximum atomic E-state index is 9.55. The largest absolute Gasteiger partial charge is 0.496 e. The Kier molecular flexibility index (Phi) is 3.86. The summed E-state index contributed by atoms with van der Waals surface area (Å²) in [5.74, 6) is 1.34. The van der Waals surface area contributed by atoms with Crippen LogP contribution >= 0.6 is 0 Å². The van der Waals surface area contributed by atoms with Crippen LogP contribution in [0.15, 0.2) is 36.4 Å². The van der Waals surface area contributed by atoms with Crippen molar-refractivity contribution in [2.45, 2.75) is 13.8 Å². The smallest absolute Gasteiger partial charge is 0.149 e. The lowest BCUT2D eigenvalue weighted by Crippen LogP contribution is -1.93. The average molecular weight is 303 g/mol. The molecule has 0 aliphatic heterocycles. The number of imidazole rings is 1. The second-order valence-electron chi connectivity index (χ2n) is 5.48. The summed E-state index contributed by atoms with van der Waals surface area (Å²) in [6, 6.07) is 14.0. The fraction of sp³-hybridized carbons (Fsp3) is 0.158. The van der Waals surface area contributed by atoms with Crippen LogP contribution in [-0.2, 0) is 0 Å². The second-order valence-corrected chi connectivity index (χ2v) is 5.48. The number of hydrogen-bond acceptors (Lipinski definition) is 3. The van der Waals surface area contributed by atoms with Crippen molar-refractivity contribution in [3.8, 4) is 11.8 Å². The maximum absolute atomic E-state index is 9.55. The molecule has 23 heavy (non-hydrogen) atoms. The standard InChI is InChI=1S/C19H17N3O/c1-12-8-13(2)18(23-3)14(9-12)10-15(11-20)19-21-16-6-4-5-7-17(16)22-19/h4-10H,1-3H3,(H,21,22)/b15-10-.